The van der Waals surface area contributed by atoms with E-state index in [9.17, 15) is 4.79 Å². The van der Waals surface area contributed by atoms with Crippen molar-refractivity contribution >= 4 is 11.6 Å². The van der Waals surface area contributed by atoms with E-state index in [0.29, 0.717) is 18.3 Å². The molecule has 0 spiro atoms. The lowest BCUT2D eigenvalue weighted by Crippen LogP contribution is -2.13. The van der Waals surface area contributed by atoms with Gasteiger partial charge in [0, 0.05) is 24.6 Å². The summed E-state index contributed by atoms with van der Waals surface area (Å²) in [5.74, 6) is 0.878. The number of hydrogen-bond acceptors (Lipinski definition) is 2. The van der Waals surface area contributed by atoms with E-state index in [0.717, 1.165) is 12.2 Å². The maximum atomic E-state index is 11.2. The van der Waals surface area contributed by atoms with Crippen LogP contribution in [0.15, 0.2) is 18.2 Å². The second-order valence-electron chi connectivity index (χ2n) is 4.75. The first kappa shape index (κ1) is 11.0. The molecule has 0 bridgehead atoms. The van der Waals surface area contributed by atoms with Crippen LogP contribution in [0.5, 0.6) is 0 Å². The summed E-state index contributed by atoms with van der Waals surface area (Å²) in [6, 6.07) is 6.13. The zero-order valence-electron chi connectivity index (χ0n) is 9.79. The molecule has 1 aliphatic heterocycles. The van der Waals surface area contributed by atoms with Crippen molar-refractivity contribution in [2.45, 2.75) is 32.1 Å². The molecule has 3 N–H and O–H groups in total. The van der Waals surface area contributed by atoms with E-state index in [1.807, 2.05) is 12.1 Å². The third-order valence-electron chi connectivity index (χ3n) is 3.18. The molecule has 3 heteroatoms. The van der Waals surface area contributed by atoms with Crippen molar-refractivity contribution in [1.29, 1.82) is 0 Å². The molecular formula is C13H18N2O. The molecule has 16 heavy (non-hydrogen) atoms. The molecule has 0 aromatic heterocycles. The van der Waals surface area contributed by atoms with E-state index in [4.69, 9.17) is 5.73 Å². The average Bonchev–Trinajstić information content (AvgIpc) is 2.65. The van der Waals surface area contributed by atoms with Crippen LogP contribution in [0.3, 0.4) is 0 Å². The van der Waals surface area contributed by atoms with E-state index in [1.165, 1.54) is 11.1 Å². The van der Waals surface area contributed by atoms with Gasteiger partial charge in [0.05, 0.1) is 0 Å². The van der Waals surface area contributed by atoms with Crippen LogP contribution >= 0.6 is 0 Å². The standard InChI is InChI=1S/C13H18N2O/c1-8(2)11-5-9(3-4-12(11)14)10-6-13(16)15-7-10/h3-5,8,10H,6-7,14H2,1-2H3,(H,15,16)/t10-/m1/s1. The van der Waals surface area contributed by atoms with E-state index in [2.05, 4.69) is 25.2 Å². The number of benzene rings is 1. The van der Waals surface area contributed by atoms with Gasteiger partial charge < -0.3 is 11.1 Å². The van der Waals surface area contributed by atoms with E-state index >= 15 is 0 Å². The summed E-state index contributed by atoms with van der Waals surface area (Å²) in [7, 11) is 0. The number of nitrogens with two attached hydrogens (primary N) is 1. The Morgan fingerprint density at radius 1 is 1.44 bits per heavy atom. The van der Waals surface area contributed by atoms with E-state index < -0.39 is 0 Å². The van der Waals surface area contributed by atoms with Crippen LogP contribution in [0.25, 0.3) is 0 Å². The molecule has 0 unspecified atom stereocenters. The number of hydrogen-bond donors (Lipinski definition) is 2. The summed E-state index contributed by atoms with van der Waals surface area (Å²) >= 11 is 0. The third kappa shape index (κ3) is 2.03. The molecule has 0 radical (unpaired) electrons. The van der Waals surface area contributed by atoms with Gasteiger partial charge in [0.2, 0.25) is 5.91 Å². The highest BCUT2D eigenvalue weighted by atomic mass is 16.1. The molecule has 1 aromatic carbocycles. The van der Waals surface area contributed by atoms with Crippen molar-refractivity contribution in [3.8, 4) is 0 Å². The predicted molar refractivity (Wildman–Crippen MR) is 65.3 cm³/mol. The number of carbonyl (C=O) groups is 1. The van der Waals surface area contributed by atoms with Crippen LogP contribution in [0.1, 0.15) is 43.2 Å². The van der Waals surface area contributed by atoms with Gasteiger partial charge in [0.1, 0.15) is 0 Å². The van der Waals surface area contributed by atoms with Gasteiger partial charge in [-0.3, -0.25) is 4.79 Å². The lowest BCUT2D eigenvalue weighted by atomic mass is 9.92. The zero-order chi connectivity index (χ0) is 11.7. The van der Waals surface area contributed by atoms with Gasteiger partial charge in [-0.2, -0.15) is 0 Å². The highest BCUT2D eigenvalue weighted by molar-refractivity contribution is 5.79. The fourth-order valence-electron chi connectivity index (χ4n) is 2.19. The Labute approximate surface area is 96.0 Å². The molecule has 1 heterocycles. The van der Waals surface area contributed by atoms with Crippen molar-refractivity contribution in [2.75, 3.05) is 12.3 Å². The first-order chi connectivity index (χ1) is 7.58. The molecule has 1 aliphatic rings. The van der Waals surface area contributed by atoms with E-state index in [-0.39, 0.29) is 5.91 Å². The van der Waals surface area contributed by atoms with Gasteiger partial charge in [-0.1, -0.05) is 26.0 Å². The molecule has 1 saturated heterocycles. The molecule has 2 rings (SSSR count). The molecular weight excluding hydrogens is 200 g/mol. The lowest BCUT2D eigenvalue weighted by Gasteiger charge is -2.14. The predicted octanol–water partition coefficient (Wildman–Crippen LogP) is 2.00. The van der Waals surface area contributed by atoms with Gasteiger partial charge in [-0.05, 0) is 23.1 Å². The number of amides is 1. The Balaban J connectivity index is 2.29. The van der Waals surface area contributed by atoms with Gasteiger partial charge in [0.25, 0.3) is 0 Å². The van der Waals surface area contributed by atoms with Crippen LogP contribution in [-0.4, -0.2) is 12.5 Å². The summed E-state index contributed by atoms with van der Waals surface area (Å²) < 4.78 is 0. The Bertz CT molecular complexity index is 412. The largest absolute Gasteiger partial charge is 0.398 e. The maximum Gasteiger partial charge on any atom is 0.220 e. The van der Waals surface area contributed by atoms with Crippen molar-refractivity contribution in [2.24, 2.45) is 0 Å². The Kier molecular flexibility index (Phi) is 2.86. The highest BCUT2D eigenvalue weighted by Crippen LogP contribution is 2.29. The molecule has 86 valence electrons. The number of nitrogen functional groups attached to an aromatic ring is 1. The monoisotopic (exact) mass is 218 g/mol. The Morgan fingerprint density at radius 2 is 2.19 bits per heavy atom. The fraction of sp³-hybridized carbons (Fsp3) is 0.462. The molecule has 3 nitrogen and oxygen atoms in total. The molecule has 1 atom stereocenters. The molecule has 1 amide bonds. The van der Waals surface area contributed by atoms with Crippen LogP contribution in [0.4, 0.5) is 5.69 Å². The number of anilines is 1. The number of rotatable bonds is 2. The normalized spacial score (nSPS) is 20.2. The summed E-state index contributed by atoms with van der Waals surface area (Å²) in [6.07, 6.45) is 0.599. The van der Waals surface area contributed by atoms with Crippen molar-refractivity contribution in [1.82, 2.24) is 5.32 Å². The SMILES string of the molecule is CC(C)c1cc([C@H]2CNC(=O)C2)ccc1N. The van der Waals surface area contributed by atoms with Gasteiger partial charge in [0.15, 0.2) is 0 Å². The minimum absolute atomic E-state index is 0.146. The van der Waals surface area contributed by atoms with Crippen LogP contribution in [0.2, 0.25) is 0 Å². The fourth-order valence-corrected chi connectivity index (χ4v) is 2.19. The first-order valence-electron chi connectivity index (χ1n) is 5.74. The Hall–Kier alpha value is -1.51. The molecule has 1 fully saturated rings. The topological polar surface area (TPSA) is 55.1 Å². The second kappa shape index (κ2) is 4.16. The van der Waals surface area contributed by atoms with Crippen LogP contribution in [-0.2, 0) is 4.79 Å². The smallest absolute Gasteiger partial charge is 0.220 e. The van der Waals surface area contributed by atoms with E-state index in [1.54, 1.807) is 0 Å². The summed E-state index contributed by atoms with van der Waals surface area (Å²) in [5, 5.41) is 2.86. The quantitative estimate of drug-likeness (QED) is 0.746. The molecule has 1 aromatic rings. The summed E-state index contributed by atoms with van der Waals surface area (Å²) in [4.78, 5) is 11.2. The summed E-state index contributed by atoms with van der Waals surface area (Å²) in [5.41, 5.74) is 9.17. The van der Waals surface area contributed by atoms with Crippen molar-refractivity contribution in [3.63, 3.8) is 0 Å². The minimum atomic E-state index is 0.146. The zero-order valence-corrected chi connectivity index (χ0v) is 9.79. The lowest BCUT2D eigenvalue weighted by molar-refractivity contribution is -0.119. The number of carbonyl (C=O) groups excluding carboxylic acids is 1. The van der Waals surface area contributed by atoms with Crippen molar-refractivity contribution < 1.29 is 4.79 Å². The van der Waals surface area contributed by atoms with Gasteiger partial charge in [-0.15, -0.1) is 0 Å². The molecule has 0 aliphatic carbocycles. The number of nitrogens with one attached hydrogen (secondary N) is 1. The van der Waals surface area contributed by atoms with Gasteiger partial charge >= 0.3 is 0 Å². The van der Waals surface area contributed by atoms with Crippen LogP contribution < -0.4 is 11.1 Å². The highest BCUT2D eigenvalue weighted by Gasteiger charge is 2.23. The van der Waals surface area contributed by atoms with Crippen molar-refractivity contribution in [3.05, 3.63) is 29.3 Å². The average molecular weight is 218 g/mol. The molecule has 0 saturated carbocycles. The first-order valence-corrected chi connectivity index (χ1v) is 5.74. The summed E-state index contributed by atoms with van der Waals surface area (Å²) in [6.45, 7) is 5.02. The Morgan fingerprint density at radius 3 is 2.75 bits per heavy atom. The second-order valence-corrected chi connectivity index (χ2v) is 4.75. The maximum absolute atomic E-state index is 11.2. The minimum Gasteiger partial charge on any atom is -0.398 e. The van der Waals surface area contributed by atoms with Crippen LogP contribution in [0, 0.1) is 0 Å². The third-order valence-corrected chi connectivity index (χ3v) is 3.18. The van der Waals surface area contributed by atoms with Gasteiger partial charge in [-0.25, -0.2) is 0 Å².